The van der Waals surface area contributed by atoms with Gasteiger partial charge in [0.1, 0.15) is 15.4 Å². The van der Waals surface area contributed by atoms with Gasteiger partial charge in [0.05, 0.1) is 12.0 Å². The first-order chi connectivity index (χ1) is 14.4. The van der Waals surface area contributed by atoms with E-state index < -0.39 is 5.97 Å². The molecule has 0 radical (unpaired) electrons. The minimum Gasteiger partial charge on any atom is -0.477 e. The van der Waals surface area contributed by atoms with Crippen molar-refractivity contribution in [3.63, 3.8) is 0 Å². The van der Waals surface area contributed by atoms with Crippen molar-refractivity contribution in [2.24, 2.45) is 4.99 Å². The number of aromatic carboxylic acids is 1. The first-order valence-corrected chi connectivity index (χ1v) is 10.4. The highest BCUT2D eigenvalue weighted by molar-refractivity contribution is 7.21. The Bertz CT molecular complexity index is 1250. The minimum absolute atomic E-state index is 0.163. The van der Waals surface area contributed by atoms with Gasteiger partial charge in [0.25, 0.3) is 0 Å². The Balaban J connectivity index is 2.07. The van der Waals surface area contributed by atoms with E-state index in [1.165, 1.54) is 0 Å². The summed E-state index contributed by atoms with van der Waals surface area (Å²) in [7, 11) is 3.68. The molecule has 5 nitrogen and oxygen atoms in total. The number of benzene rings is 2. The van der Waals surface area contributed by atoms with Gasteiger partial charge in [0.2, 0.25) is 0 Å². The fourth-order valence-corrected chi connectivity index (χ4v) is 4.25. The van der Waals surface area contributed by atoms with Crippen molar-refractivity contribution in [3.05, 3.63) is 70.6 Å². The zero-order chi connectivity index (χ0) is 21.3. The van der Waals surface area contributed by atoms with E-state index in [-0.39, 0.29) is 4.88 Å². The van der Waals surface area contributed by atoms with Crippen molar-refractivity contribution in [2.45, 2.75) is 0 Å². The first kappa shape index (κ1) is 20.1. The van der Waals surface area contributed by atoms with Crippen LogP contribution >= 0.6 is 22.9 Å². The molecule has 0 aliphatic heterocycles. The predicted molar refractivity (Wildman–Crippen MR) is 124 cm³/mol. The molecule has 30 heavy (non-hydrogen) atoms. The minimum atomic E-state index is -1.02. The van der Waals surface area contributed by atoms with E-state index in [0.717, 1.165) is 39.1 Å². The molecule has 4 aromatic rings. The maximum absolute atomic E-state index is 12.0. The smallest absolute Gasteiger partial charge is 0.348 e. The van der Waals surface area contributed by atoms with Crippen LogP contribution in [0.15, 0.2) is 65.7 Å². The summed E-state index contributed by atoms with van der Waals surface area (Å²) >= 11 is 7.22. The summed E-state index contributed by atoms with van der Waals surface area (Å²) in [5.74, 6) is -1.02. The number of carboxylic acid groups (broad SMARTS) is 1. The number of pyridine rings is 1. The van der Waals surface area contributed by atoms with Gasteiger partial charge < -0.3 is 10.0 Å². The van der Waals surface area contributed by atoms with Crippen LogP contribution in [0.2, 0.25) is 5.02 Å². The van der Waals surface area contributed by atoms with Crippen molar-refractivity contribution in [1.29, 1.82) is 0 Å². The monoisotopic (exact) mass is 435 g/mol. The van der Waals surface area contributed by atoms with Crippen LogP contribution in [0.4, 0.5) is 5.69 Å². The van der Waals surface area contributed by atoms with Crippen LogP contribution in [0.1, 0.15) is 9.67 Å². The average molecular weight is 436 g/mol. The van der Waals surface area contributed by atoms with Crippen LogP contribution in [-0.2, 0) is 0 Å². The molecule has 150 valence electrons. The molecule has 2 heterocycles. The average Bonchev–Trinajstić information content (AvgIpc) is 3.12. The van der Waals surface area contributed by atoms with Gasteiger partial charge >= 0.3 is 5.97 Å². The van der Waals surface area contributed by atoms with Gasteiger partial charge in [-0.3, -0.25) is 0 Å². The lowest BCUT2D eigenvalue weighted by molar-refractivity contribution is 0.0703. The van der Waals surface area contributed by atoms with Gasteiger partial charge in [-0.05, 0) is 29.3 Å². The van der Waals surface area contributed by atoms with E-state index in [9.17, 15) is 9.90 Å². The number of rotatable bonds is 5. The fourth-order valence-electron chi connectivity index (χ4n) is 3.14. The molecule has 0 fully saturated rings. The Morgan fingerprint density at radius 2 is 1.80 bits per heavy atom. The summed E-state index contributed by atoms with van der Waals surface area (Å²) in [5.41, 5.74) is 3.92. The molecule has 0 aliphatic carbocycles. The number of halogens is 1. The van der Waals surface area contributed by atoms with E-state index >= 15 is 0 Å². The quantitative estimate of drug-likeness (QED) is 0.299. The van der Waals surface area contributed by atoms with Crippen LogP contribution in [-0.4, -0.2) is 41.4 Å². The van der Waals surface area contributed by atoms with Crippen LogP contribution in [0.5, 0.6) is 0 Å². The summed E-state index contributed by atoms with van der Waals surface area (Å²) in [5, 5.41) is 11.1. The molecule has 4 rings (SSSR count). The molecule has 0 amide bonds. The van der Waals surface area contributed by atoms with Crippen LogP contribution < -0.4 is 0 Å². The second-order valence-electron chi connectivity index (χ2n) is 6.90. The Kier molecular flexibility index (Phi) is 5.53. The molecule has 0 unspecified atom stereocenters. The predicted octanol–water partition coefficient (Wildman–Crippen LogP) is 6.20. The number of carbonyl (C=O) groups is 1. The van der Waals surface area contributed by atoms with Gasteiger partial charge in [-0.1, -0.05) is 54.1 Å². The number of hydrogen-bond acceptors (Lipinski definition) is 4. The zero-order valence-electron chi connectivity index (χ0n) is 16.3. The van der Waals surface area contributed by atoms with E-state index in [0.29, 0.717) is 15.5 Å². The van der Waals surface area contributed by atoms with E-state index in [1.807, 2.05) is 74.8 Å². The van der Waals surface area contributed by atoms with E-state index in [4.69, 9.17) is 16.6 Å². The largest absolute Gasteiger partial charge is 0.477 e. The lowest BCUT2D eigenvalue weighted by Gasteiger charge is -2.09. The summed E-state index contributed by atoms with van der Waals surface area (Å²) in [6, 6.07) is 19.3. The third kappa shape index (κ3) is 3.92. The Morgan fingerprint density at radius 3 is 2.43 bits per heavy atom. The molecule has 0 saturated carbocycles. The molecule has 0 bridgehead atoms. The van der Waals surface area contributed by atoms with Gasteiger partial charge in [-0.2, -0.15) is 0 Å². The SMILES string of the molecule is CN(C)C=Nc1c(C(=O)O)sc2nc(-c3ccccc3)cc(-c3ccc(Cl)cc3)c12. The first-order valence-electron chi connectivity index (χ1n) is 9.17. The Morgan fingerprint density at radius 1 is 1.10 bits per heavy atom. The van der Waals surface area contributed by atoms with Gasteiger partial charge in [-0.15, -0.1) is 11.3 Å². The molecule has 0 saturated heterocycles. The Hall–Kier alpha value is -3.22. The van der Waals surface area contributed by atoms with Gasteiger partial charge in [0, 0.05) is 30.1 Å². The topological polar surface area (TPSA) is 65.8 Å². The van der Waals surface area contributed by atoms with E-state index in [2.05, 4.69) is 4.99 Å². The van der Waals surface area contributed by atoms with Crippen LogP contribution in [0.3, 0.4) is 0 Å². The van der Waals surface area contributed by atoms with Crippen molar-refractivity contribution in [3.8, 4) is 22.4 Å². The standard InChI is InChI=1S/C23H18ClN3O2S/c1-27(2)13-25-20-19-17(14-8-10-16(24)11-9-14)12-18(15-6-4-3-5-7-15)26-22(19)30-21(20)23(28)29/h3-13H,1-2H3,(H,28,29). The summed E-state index contributed by atoms with van der Waals surface area (Å²) in [4.78, 5) is 23.8. The number of aromatic nitrogens is 1. The van der Waals surface area contributed by atoms with Crippen LogP contribution in [0.25, 0.3) is 32.6 Å². The molecule has 2 aromatic heterocycles. The third-order valence-electron chi connectivity index (χ3n) is 4.47. The number of carboxylic acids is 1. The van der Waals surface area contributed by atoms with Crippen molar-refractivity contribution < 1.29 is 9.90 Å². The molecule has 0 atom stereocenters. The molecule has 0 aliphatic rings. The highest BCUT2D eigenvalue weighted by Crippen LogP contribution is 2.44. The number of thiophene rings is 1. The zero-order valence-corrected chi connectivity index (χ0v) is 17.9. The van der Waals surface area contributed by atoms with E-state index in [1.54, 1.807) is 11.2 Å². The number of nitrogens with zero attached hydrogens (tertiary/aromatic N) is 3. The molecule has 0 spiro atoms. The van der Waals surface area contributed by atoms with Gasteiger partial charge in [0.15, 0.2) is 0 Å². The normalized spacial score (nSPS) is 11.3. The molecular weight excluding hydrogens is 418 g/mol. The lowest BCUT2D eigenvalue weighted by Crippen LogP contribution is -2.07. The number of fused-ring (bicyclic) bond motifs is 1. The number of hydrogen-bond donors (Lipinski definition) is 1. The van der Waals surface area contributed by atoms with Crippen molar-refractivity contribution >= 4 is 51.1 Å². The lowest BCUT2D eigenvalue weighted by atomic mass is 9.99. The highest BCUT2D eigenvalue weighted by Gasteiger charge is 2.22. The summed E-state index contributed by atoms with van der Waals surface area (Å²) < 4.78 is 0. The molecule has 2 aromatic carbocycles. The molecule has 7 heteroatoms. The third-order valence-corrected chi connectivity index (χ3v) is 5.79. The molecular formula is C23H18ClN3O2S. The van der Waals surface area contributed by atoms with Crippen LogP contribution in [0, 0.1) is 0 Å². The maximum Gasteiger partial charge on any atom is 0.348 e. The Labute approximate surface area is 182 Å². The number of aliphatic imine (C=N–C) groups is 1. The van der Waals surface area contributed by atoms with Crippen molar-refractivity contribution in [2.75, 3.05) is 14.1 Å². The summed E-state index contributed by atoms with van der Waals surface area (Å²) in [6.45, 7) is 0. The summed E-state index contributed by atoms with van der Waals surface area (Å²) in [6.07, 6.45) is 1.60. The maximum atomic E-state index is 12.0. The van der Waals surface area contributed by atoms with Gasteiger partial charge in [-0.25, -0.2) is 14.8 Å². The second kappa shape index (κ2) is 8.26. The fraction of sp³-hybridized carbons (Fsp3) is 0.0870. The van der Waals surface area contributed by atoms with Crippen molar-refractivity contribution in [1.82, 2.24) is 9.88 Å². The molecule has 1 N–H and O–H groups in total. The second-order valence-corrected chi connectivity index (χ2v) is 8.34. The highest BCUT2D eigenvalue weighted by atomic mass is 35.5.